The Morgan fingerprint density at radius 2 is 0.608 bits per heavy atom. The number of hydrogen-bond acceptors (Lipinski definition) is 10. The zero-order valence-corrected chi connectivity index (χ0v) is 58.8. The molecule has 9 heterocycles. The number of carbonyl (C=O) groups is 4. The summed E-state index contributed by atoms with van der Waals surface area (Å²) in [6.07, 6.45) is 10.5. The van der Waals surface area contributed by atoms with Crippen molar-refractivity contribution in [3.63, 3.8) is 0 Å². The molecule has 6 aliphatic heterocycles. The first-order valence-electron chi connectivity index (χ1n) is 34.1. The van der Waals surface area contributed by atoms with Crippen molar-refractivity contribution >= 4 is 92.7 Å². The average molecular weight is 1350 g/mol. The fourth-order valence-electron chi connectivity index (χ4n) is 13.5. The van der Waals surface area contributed by atoms with Crippen LogP contribution in [0.1, 0.15) is 179 Å². The average Bonchev–Trinajstić information content (AvgIpc) is 1.66. The first-order valence-corrected chi connectivity index (χ1v) is 34.1. The van der Waals surface area contributed by atoms with Gasteiger partial charge in [0.25, 0.3) is 23.6 Å². The van der Waals surface area contributed by atoms with Crippen molar-refractivity contribution in [1.29, 1.82) is 0 Å². The van der Waals surface area contributed by atoms with Crippen molar-refractivity contribution in [2.45, 2.75) is 181 Å². The van der Waals surface area contributed by atoms with Gasteiger partial charge in [0.05, 0.1) is 45.5 Å². The maximum absolute atomic E-state index is 14.5. The topological polar surface area (TPSA) is 207 Å². The monoisotopic (exact) mass is 1350 g/mol. The van der Waals surface area contributed by atoms with E-state index in [1.54, 1.807) is 0 Å². The van der Waals surface area contributed by atoms with E-state index in [4.69, 9.17) is 38.9 Å². The summed E-state index contributed by atoms with van der Waals surface area (Å²) in [4.78, 5) is 80.9. The molecule has 8 bridgehead atoms. The molecule has 97 heavy (non-hydrogen) atoms. The second kappa shape index (κ2) is 27.2. The van der Waals surface area contributed by atoms with Crippen LogP contribution in [0.3, 0.4) is 0 Å². The second-order valence-corrected chi connectivity index (χ2v) is 30.4. The van der Waals surface area contributed by atoms with E-state index in [1.807, 2.05) is 85.0 Å². The van der Waals surface area contributed by atoms with Gasteiger partial charge in [-0.2, -0.15) is 0 Å². The first-order chi connectivity index (χ1) is 45.7. The minimum atomic E-state index is -0.674. The zero-order valence-electron chi connectivity index (χ0n) is 57.7. The molecule has 4 unspecified atom stereocenters. The van der Waals surface area contributed by atoms with Gasteiger partial charge in [0.2, 0.25) is 0 Å². The van der Waals surface area contributed by atoms with E-state index >= 15 is 0 Å². The van der Waals surface area contributed by atoms with Crippen LogP contribution < -0.4 is 31.2 Å². The summed E-state index contributed by atoms with van der Waals surface area (Å²) < 4.78 is 23.9. The molecule has 6 aliphatic rings. The molecule has 13 rings (SSSR count). The largest absolute Gasteiger partial charge is 2.00 e. The van der Waals surface area contributed by atoms with Gasteiger partial charge >= 0.3 is 16.8 Å². The Morgan fingerprint density at radius 1 is 0.361 bits per heavy atom. The first kappa shape index (κ1) is 68.6. The molecule has 3 aromatic heterocycles. The Balaban J connectivity index is 0.00000897. The van der Waals surface area contributed by atoms with Crippen LogP contribution in [0.25, 0.3) is 90.9 Å². The third kappa shape index (κ3) is 14.4. The van der Waals surface area contributed by atoms with Crippen molar-refractivity contribution in [3.8, 4) is 44.5 Å². The number of nitrogens with one attached hydrogen (secondary N) is 4. The molecular weight excluding hydrogens is 1260 g/mol. The molecule has 0 spiro atoms. The summed E-state index contributed by atoms with van der Waals surface area (Å²) >= 11 is 0. The fraction of sp³-hybridized carbons (Fsp3) is 0.400. The van der Waals surface area contributed by atoms with Crippen LogP contribution in [0, 0.1) is 0 Å². The molecule has 4 N–H and O–H groups in total. The van der Waals surface area contributed by atoms with E-state index in [2.05, 4.69) is 141 Å². The van der Waals surface area contributed by atoms with E-state index in [1.165, 1.54) is 0 Å². The number of rotatable bonds is 12. The Morgan fingerprint density at radius 3 is 0.845 bits per heavy atom. The smallest absolute Gasteiger partial charge is 0.657 e. The number of anilines is 4. The molecular formula is C80H88CoN8O8. The van der Waals surface area contributed by atoms with Crippen molar-refractivity contribution in [2.24, 2.45) is 0 Å². The van der Waals surface area contributed by atoms with Gasteiger partial charge in [-0.15, -0.1) is 22.1 Å². The van der Waals surface area contributed by atoms with Gasteiger partial charge in [-0.1, -0.05) is 156 Å². The van der Waals surface area contributed by atoms with E-state index in [-0.39, 0.29) is 62.1 Å². The maximum Gasteiger partial charge on any atom is 2.00 e. The van der Waals surface area contributed by atoms with Crippen LogP contribution in [-0.4, -0.2) is 84.4 Å². The molecule has 4 atom stereocenters. The summed E-state index contributed by atoms with van der Waals surface area (Å²) in [5, 5.41) is 13.1. The minimum absolute atomic E-state index is 0. The number of hydrogen-bond donors (Lipinski definition) is 4. The quantitative estimate of drug-likeness (QED) is 0.0901. The number of ether oxygens (including phenoxy) is 4. The van der Waals surface area contributed by atoms with Crippen LogP contribution in [0.2, 0.25) is 0 Å². The number of fused-ring (bicyclic) bond motifs is 8. The van der Waals surface area contributed by atoms with Crippen molar-refractivity contribution < 1.29 is 54.9 Å². The van der Waals surface area contributed by atoms with Gasteiger partial charge in [-0.05, 0) is 177 Å². The van der Waals surface area contributed by atoms with Gasteiger partial charge in [-0.25, -0.2) is 9.97 Å². The number of aromatic nitrogens is 4. The minimum Gasteiger partial charge on any atom is -0.657 e. The zero-order chi connectivity index (χ0) is 67.6. The molecule has 0 saturated carbocycles. The van der Waals surface area contributed by atoms with Gasteiger partial charge < -0.3 is 50.2 Å². The number of nitrogens with zero attached hydrogens (tertiary/aromatic N) is 4. The van der Waals surface area contributed by atoms with Gasteiger partial charge in [0.15, 0.2) is 0 Å². The van der Waals surface area contributed by atoms with Crippen LogP contribution in [-0.2, 0) is 76.6 Å². The maximum atomic E-state index is 14.5. The molecule has 4 fully saturated rings. The molecule has 1 radical (unpaired) electrons. The van der Waals surface area contributed by atoms with Crippen LogP contribution in [0.4, 0.5) is 22.7 Å². The Bertz CT molecular complexity index is 4040. The van der Waals surface area contributed by atoms with E-state index in [0.717, 1.165) is 70.2 Å². The standard InChI is InChI=1S/C80H90N8O8.Co/c1-77(2,3)47-39-45(40-48(43-47)78(4,5)6)67-55-27-31-59(81-55)71(69-51(85-73(89)63-23-15-35-93-63)19-13-20-52(69)86-74(90)64-24-16-36-94-64)61-33-29-57(83-61)68(46-41-49(79(7,8)9)44-50(42-46)80(10,11)12)58-30-34-62(84-58)72(60-32-28-56(67)82-60)70-53(87-75(91)65-25-17-37-95-65)21-14-22-54(70)88-76(92)66-26-18-38-96-66;/h13-14,19-22,27-34,39-44,63-66H,15-18,23-26,35-38H2,1-12H3,(H6,81,82,83,84,85,86,87,88,89,90,91,92);/q;+2/p-2. The van der Waals surface area contributed by atoms with E-state index in [9.17, 15) is 19.2 Å². The Hall–Kier alpha value is -8.29. The summed E-state index contributed by atoms with van der Waals surface area (Å²) in [6.45, 7) is 28.5. The third-order valence-corrected chi connectivity index (χ3v) is 19.1. The molecule has 7 aromatic rings. The number of amides is 4. The Kier molecular flexibility index (Phi) is 19.2. The summed E-state index contributed by atoms with van der Waals surface area (Å²) in [5.41, 5.74) is 14.7. The molecule has 16 nitrogen and oxygen atoms in total. The van der Waals surface area contributed by atoms with Gasteiger partial charge in [0, 0.05) is 37.6 Å². The molecule has 505 valence electrons. The van der Waals surface area contributed by atoms with Crippen LogP contribution in [0.15, 0.2) is 97.1 Å². The second-order valence-electron chi connectivity index (χ2n) is 30.4. The van der Waals surface area contributed by atoms with Crippen molar-refractivity contribution in [3.05, 3.63) is 142 Å². The third-order valence-electron chi connectivity index (χ3n) is 19.1. The predicted molar refractivity (Wildman–Crippen MR) is 384 cm³/mol. The Labute approximate surface area is 579 Å². The fourth-order valence-corrected chi connectivity index (χ4v) is 13.5. The summed E-state index contributed by atoms with van der Waals surface area (Å²) in [7, 11) is 0. The molecule has 4 aromatic carbocycles. The van der Waals surface area contributed by atoms with E-state index < -0.39 is 24.4 Å². The van der Waals surface area contributed by atoms with Gasteiger partial charge in [0.1, 0.15) is 24.4 Å². The van der Waals surface area contributed by atoms with Gasteiger partial charge in [-0.3, -0.25) is 19.2 Å². The number of carbonyl (C=O) groups excluding carboxylic acids is 4. The van der Waals surface area contributed by atoms with Crippen molar-refractivity contribution in [2.75, 3.05) is 47.7 Å². The molecule has 17 heteroatoms. The molecule has 4 amide bonds. The van der Waals surface area contributed by atoms with Crippen LogP contribution in [0.5, 0.6) is 0 Å². The summed E-state index contributed by atoms with van der Waals surface area (Å²) in [6, 6.07) is 32.5. The normalized spacial score (nSPS) is 18.7. The molecule has 0 aliphatic carbocycles. The SMILES string of the molecule is CC(C)(C)c1cc(-c2c3nc(c(-c4c(NC(=O)C5CCCO5)cccc4NC(=O)C4CCCO4)c4ccc([n-]4)c(-c4cc(C(C)(C)C)cc(C(C)(C)C)c4)c4nc(c(-c5c(NC(=O)C6CCCO6)cccc5NC(=O)C5CCCO5)c5ccc2[n-]5)C=C4)C=C3)cc(C(C)(C)C)c1.[Co+2]. The molecule has 4 saturated heterocycles. The predicted octanol–water partition coefficient (Wildman–Crippen LogP) is 16.2. The van der Waals surface area contributed by atoms with Crippen molar-refractivity contribution in [1.82, 2.24) is 19.9 Å². The summed E-state index contributed by atoms with van der Waals surface area (Å²) in [5.74, 6) is -1.21. The van der Waals surface area contributed by atoms with E-state index in [0.29, 0.717) is 142 Å². The van der Waals surface area contributed by atoms with Crippen LogP contribution >= 0.6 is 0 Å². The number of benzene rings is 4.